The highest BCUT2D eigenvalue weighted by Crippen LogP contribution is 2.29. The van der Waals surface area contributed by atoms with Crippen molar-refractivity contribution in [1.82, 2.24) is 4.90 Å². The highest BCUT2D eigenvalue weighted by molar-refractivity contribution is 6.30. The van der Waals surface area contributed by atoms with Gasteiger partial charge in [0.1, 0.15) is 0 Å². The molecule has 2 unspecified atom stereocenters. The van der Waals surface area contributed by atoms with E-state index >= 15 is 0 Å². The molecule has 1 aromatic rings. The van der Waals surface area contributed by atoms with E-state index in [0.29, 0.717) is 12.5 Å². The maximum Gasteiger partial charge on any atom is 0.0496 e. The number of piperidine rings is 1. The van der Waals surface area contributed by atoms with Crippen molar-refractivity contribution in [2.75, 3.05) is 19.7 Å². The zero-order chi connectivity index (χ0) is 13.8. The van der Waals surface area contributed by atoms with Crippen molar-refractivity contribution in [2.45, 2.75) is 31.8 Å². The van der Waals surface area contributed by atoms with E-state index in [0.717, 1.165) is 31.0 Å². The maximum atomic E-state index is 9.21. The molecule has 3 nitrogen and oxygen atoms in total. The molecule has 19 heavy (non-hydrogen) atoms. The van der Waals surface area contributed by atoms with E-state index in [-0.39, 0.29) is 12.1 Å². The number of nitrogens with two attached hydrogens (primary N) is 1. The monoisotopic (exact) mass is 282 g/mol. The standard InChI is InChI=1S/C15H23ClN2O/c1-11(17)15(13-2-4-14(16)5-3-13)18-8-6-12(10-19)7-9-18/h2-5,11-12,15,19H,6-10,17H2,1H3. The molecule has 1 aliphatic rings. The van der Waals surface area contributed by atoms with Crippen LogP contribution < -0.4 is 5.73 Å². The largest absolute Gasteiger partial charge is 0.396 e. The number of nitrogens with zero attached hydrogens (tertiary/aromatic N) is 1. The molecule has 3 N–H and O–H groups in total. The summed E-state index contributed by atoms with van der Waals surface area (Å²) in [6, 6.07) is 8.28. The minimum Gasteiger partial charge on any atom is -0.396 e. The highest BCUT2D eigenvalue weighted by Gasteiger charge is 2.28. The zero-order valence-electron chi connectivity index (χ0n) is 11.4. The van der Waals surface area contributed by atoms with Gasteiger partial charge in [0.05, 0.1) is 0 Å². The fraction of sp³-hybridized carbons (Fsp3) is 0.600. The normalized spacial score (nSPS) is 21.3. The molecule has 1 heterocycles. The van der Waals surface area contributed by atoms with Gasteiger partial charge in [-0.05, 0) is 56.5 Å². The quantitative estimate of drug-likeness (QED) is 0.892. The molecule has 0 amide bonds. The summed E-state index contributed by atoms with van der Waals surface area (Å²) in [4.78, 5) is 2.43. The van der Waals surface area contributed by atoms with Gasteiger partial charge in [-0.2, -0.15) is 0 Å². The van der Waals surface area contributed by atoms with Gasteiger partial charge in [-0.1, -0.05) is 23.7 Å². The fourth-order valence-electron chi connectivity index (χ4n) is 2.92. The molecule has 0 aliphatic carbocycles. The number of hydrogen-bond donors (Lipinski definition) is 2. The topological polar surface area (TPSA) is 49.5 Å². The molecular formula is C15H23ClN2O. The smallest absolute Gasteiger partial charge is 0.0496 e. The van der Waals surface area contributed by atoms with Gasteiger partial charge in [0.2, 0.25) is 0 Å². The summed E-state index contributed by atoms with van der Waals surface area (Å²) in [5, 5.41) is 9.97. The van der Waals surface area contributed by atoms with Crippen LogP contribution in [0.2, 0.25) is 5.02 Å². The fourth-order valence-corrected chi connectivity index (χ4v) is 3.05. The van der Waals surface area contributed by atoms with E-state index in [1.165, 1.54) is 5.56 Å². The third-order valence-electron chi connectivity index (χ3n) is 4.01. The van der Waals surface area contributed by atoms with E-state index in [1.807, 2.05) is 12.1 Å². The van der Waals surface area contributed by atoms with Gasteiger partial charge in [0, 0.05) is 23.7 Å². The molecule has 1 aromatic carbocycles. The van der Waals surface area contributed by atoms with Gasteiger partial charge in [-0.25, -0.2) is 0 Å². The first-order valence-corrected chi connectivity index (χ1v) is 7.35. The summed E-state index contributed by atoms with van der Waals surface area (Å²) in [7, 11) is 0. The molecule has 0 radical (unpaired) electrons. The molecule has 1 fully saturated rings. The van der Waals surface area contributed by atoms with Gasteiger partial charge in [0.25, 0.3) is 0 Å². The Bertz CT molecular complexity index is 386. The van der Waals surface area contributed by atoms with E-state index in [2.05, 4.69) is 24.0 Å². The number of aliphatic hydroxyl groups excluding tert-OH is 1. The molecule has 0 aromatic heterocycles. The maximum absolute atomic E-state index is 9.21. The highest BCUT2D eigenvalue weighted by atomic mass is 35.5. The number of likely N-dealkylation sites (tertiary alicyclic amines) is 1. The van der Waals surface area contributed by atoms with Crippen molar-refractivity contribution in [3.63, 3.8) is 0 Å². The second-order valence-corrected chi connectivity index (χ2v) is 5.95. The van der Waals surface area contributed by atoms with Crippen LogP contribution in [-0.2, 0) is 0 Å². The third kappa shape index (κ3) is 3.69. The van der Waals surface area contributed by atoms with Crippen LogP contribution >= 0.6 is 11.6 Å². The summed E-state index contributed by atoms with van der Waals surface area (Å²) >= 11 is 5.95. The van der Waals surface area contributed by atoms with Gasteiger partial charge < -0.3 is 10.8 Å². The molecular weight excluding hydrogens is 260 g/mol. The number of benzene rings is 1. The summed E-state index contributed by atoms with van der Waals surface area (Å²) < 4.78 is 0. The Labute approximate surface area is 120 Å². The number of aliphatic hydroxyl groups is 1. The molecule has 2 rings (SSSR count). The lowest BCUT2D eigenvalue weighted by Gasteiger charge is -2.39. The van der Waals surface area contributed by atoms with Gasteiger partial charge >= 0.3 is 0 Å². The summed E-state index contributed by atoms with van der Waals surface area (Å²) in [6.45, 7) is 4.36. The summed E-state index contributed by atoms with van der Waals surface area (Å²) in [6.07, 6.45) is 2.10. The molecule has 106 valence electrons. The van der Waals surface area contributed by atoms with Crippen molar-refractivity contribution in [3.8, 4) is 0 Å². The lowest BCUT2D eigenvalue weighted by molar-refractivity contribution is 0.0915. The van der Waals surface area contributed by atoms with Crippen molar-refractivity contribution in [1.29, 1.82) is 0 Å². The first-order chi connectivity index (χ1) is 9.11. The molecule has 0 bridgehead atoms. The van der Waals surface area contributed by atoms with Crippen LogP contribution in [0.25, 0.3) is 0 Å². The lowest BCUT2D eigenvalue weighted by Crippen LogP contribution is -2.44. The Morgan fingerprint density at radius 2 is 1.89 bits per heavy atom. The Morgan fingerprint density at radius 3 is 2.37 bits per heavy atom. The molecule has 2 atom stereocenters. The Hall–Kier alpha value is -0.610. The van der Waals surface area contributed by atoms with E-state index in [1.54, 1.807) is 0 Å². The Kier molecular flexibility index (Phi) is 5.22. The van der Waals surface area contributed by atoms with Crippen molar-refractivity contribution in [2.24, 2.45) is 11.7 Å². The molecule has 1 aliphatic heterocycles. The summed E-state index contributed by atoms with van der Waals surface area (Å²) in [5.41, 5.74) is 7.40. The second-order valence-electron chi connectivity index (χ2n) is 5.52. The SMILES string of the molecule is CC(N)C(c1ccc(Cl)cc1)N1CCC(CO)CC1. The van der Waals surface area contributed by atoms with Crippen LogP contribution in [0.15, 0.2) is 24.3 Å². The van der Waals surface area contributed by atoms with Crippen LogP contribution in [0, 0.1) is 5.92 Å². The van der Waals surface area contributed by atoms with Gasteiger partial charge in [0.15, 0.2) is 0 Å². The molecule has 4 heteroatoms. The first kappa shape index (κ1) is 14.8. The van der Waals surface area contributed by atoms with Crippen LogP contribution in [0.3, 0.4) is 0 Å². The lowest BCUT2D eigenvalue weighted by atomic mass is 9.92. The van der Waals surface area contributed by atoms with Crippen LogP contribution in [0.4, 0.5) is 0 Å². The first-order valence-electron chi connectivity index (χ1n) is 6.97. The number of halogens is 1. The van der Waals surface area contributed by atoms with Crippen molar-refractivity contribution < 1.29 is 5.11 Å². The number of rotatable bonds is 4. The second kappa shape index (κ2) is 6.71. The predicted octanol–water partition coefficient (Wildman–Crippen LogP) is 2.43. The average Bonchev–Trinajstić information content (AvgIpc) is 2.42. The third-order valence-corrected chi connectivity index (χ3v) is 4.26. The predicted molar refractivity (Wildman–Crippen MR) is 79.2 cm³/mol. The minimum absolute atomic E-state index is 0.0758. The van der Waals surface area contributed by atoms with E-state index < -0.39 is 0 Å². The number of hydrogen-bond acceptors (Lipinski definition) is 3. The van der Waals surface area contributed by atoms with Crippen LogP contribution in [0.1, 0.15) is 31.4 Å². The zero-order valence-corrected chi connectivity index (χ0v) is 12.2. The van der Waals surface area contributed by atoms with Gasteiger partial charge in [-0.15, -0.1) is 0 Å². The van der Waals surface area contributed by atoms with Crippen LogP contribution in [0.5, 0.6) is 0 Å². The molecule has 0 spiro atoms. The van der Waals surface area contributed by atoms with Gasteiger partial charge in [-0.3, -0.25) is 4.90 Å². The van der Waals surface area contributed by atoms with Crippen molar-refractivity contribution >= 4 is 11.6 Å². The summed E-state index contributed by atoms with van der Waals surface area (Å²) in [5.74, 6) is 0.454. The molecule has 0 saturated carbocycles. The van der Waals surface area contributed by atoms with Crippen LogP contribution in [-0.4, -0.2) is 35.7 Å². The minimum atomic E-state index is 0.0758. The molecule has 1 saturated heterocycles. The average molecular weight is 283 g/mol. The van der Waals surface area contributed by atoms with E-state index in [9.17, 15) is 5.11 Å². The van der Waals surface area contributed by atoms with Crippen molar-refractivity contribution in [3.05, 3.63) is 34.9 Å². The Morgan fingerprint density at radius 1 is 1.32 bits per heavy atom. The van der Waals surface area contributed by atoms with E-state index in [4.69, 9.17) is 17.3 Å². The Balaban J connectivity index is 2.10.